The zero-order chi connectivity index (χ0) is 27.1. The van der Waals surface area contributed by atoms with Crippen molar-refractivity contribution in [3.05, 3.63) is 65.4 Å². The van der Waals surface area contributed by atoms with Gasteiger partial charge in [-0.2, -0.15) is 5.10 Å². The molecule has 10 nitrogen and oxygen atoms in total. The van der Waals surface area contributed by atoms with Crippen molar-refractivity contribution >= 4 is 29.2 Å². The van der Waals surface area contributed by atoms with Crippen LogP contribution < -0.4 is 16.4 Å². The Bertz CT molecular complexity index is 1410. The average molecular weight is 521 g/mol. The Morgan fingerprint density at radius 1 is 1.03 bits per heavy atom. The van der Waals surface area contributed by atoms with Crippen LogP contribution in [0.4, 0.5) is 4.39 Å². The van der Waals surface area contributed by atoms with E-state index in [2.05, 4.69) is 20.7 Å². The predicted molar refractivity (Wildman–Crippen MR) is 134 cm³/mol. The number of hydrogen-bond donors (Lipinski definition) is 3. The zero-order valence-corrected chi connectivity index (χ0v) is 21.0. The van der Waals surface area contributed by atoms with Gasteiger partial charge in [0.25, 0.3) is 11.8 Å². The molecule has 3 aliphatic carbocycles. The number of hydrogen-bond acceptors (Lipinski definition) is 6. The summed E-state index contributed by atoms with van der Waals surface area (Å²) in [5.41, 5.74) is 5.92. The number of Topliss-reactive ketones (excluding diaryl/α,β-unsaturated/α-hetero) is 1. The fourth-order valence-corrected chi connectivity index (χ4v) is 5.97. The lowest BCUT2D eigenvalue weighted by atomic mass is 9.50. The molecule has 2 heterocycles. The van der Waals surface area contributed by atoms with Gasteiger partial charge in [0.2, 0.25) is 5.91 Å². The highest BCUT2D eigenvalue weighted by Gasteiger charge is 2.55. The third kappa shape index (κ3) is 4.52. The van der Waals surface area contributed by atoms with Gasteiger partial charge >= 0.3 is 0 Å². The summed E-state index contributed by atoms with van der Waals surface area (Å²) >= 11 is 0. The molecule has 3 fully saturated rings. The first-order valence-corrected chi connectivity index (χ1v) is 12.6. The molecule has 3 aromatic rings. The van der Waals surface area contributed by atoms with Gasteiger partial charge in [-0.1, -0.05) is 12.1 Å². The molecular weight excluding hydrogens is 491 g/mol. The van der Waals surface area contributed by atoms with Gasteiger partial charge < -0.3 is 16.4 Å². The summed E-state index contributed by atoms with van der Waals surface area (Å²) in [7, 11) is 0. The second-order valence-electron chi connectivity index (χ2n) is 10.4. The summed E-state index contributed by atoms with van der Waals surface area (Å²) < 4.78 is 14.5. The molecule has 4 N–H and O–H groups in total. The lowest BCUT2D eigenvalue weighted by molar-refractivity contribution is -0.139. The van der Waals surface area contributed by atoms with Crippen molar-refractivity contribution < 1.29 is 23.6 Å². The SMILES string of the molecule is CC(=O)C12CCC(C(NC(=O)c3cc(C(=O)NCc4ccc(F)cc4)nc4ccnn34)C(N)=O)(CC1)CC2. The van der Waals surface area contributed by atoms with E-state index in [1.165, 1.54) is 28.9 Å². The van der Waals surface area contributed by atoms with Crippen LogP contribution in [0.1, 0.15) is 72.0 Å². The number of carbonyl (C=O) groups excluding carboxylic acids is 4. The Kier molecular flexibility index (Phi) is 6.46. The number of nitrogens with two attached hydrogens (primary N) is 1. The van der Waals surface area contributed by atoms with Crippen LogP contribution in [0.5, 0.6) is 0 Å². The molecular formula is C27H29FN6O4. The Morgan fingerprint density at radius 3 is 2.29 bits per heavy atom. The Balaban J connectivity index is 1.37. The number of primary amides is 1. The molecule has 2 bridgehead atoms. The van der Waals surface area contributed by atoms with Crippen molar-refractivity contribution in [1.82, 2.24) is 25.2 Å². The summed E-state index contributed by atoms with van der Waals surface area (Å²) in [6.07, 6.45) is 5.30. The number of ketones is 1. The second kappa shape index (κ2) is 9.62. The van der Waals surface area contributed by atoms with Crippen LogP contribution >= 0.6 is 0 Å². The number of halogens is 1. The van der Waals surface area contributed by atoms with Crippen LogP contribution in [0.2, 0.25) is 0 Å². The lowest BCUT2D eigenvalue weighted by Crippen LogP contribution is -2.60. The highest BCUT2D eigenvalue weighted by molar-refractivity contribution is 6.00. The number of nitrogens with one attached hydrogen (secondary N) is 2. The minimum Gasteiger partial charge on any atom is -0.368 e. The van der Waals surface area contributed by atoms with Crippen molar-refractivity contribution in [1.29, 1.82) is 0 Å². The summed E-state index contributed by atoms with van der Waals surface area (Å²) in [6, 6.07) is 7.65. The molecule has 0 saturated heterocycles. The number of benzene rings is 1. The van der Waals surface area contributed by atoms with Crippen molar-refractivity contribution in [2.45, 2.75) is 58.0 Å². The van der Waals surface area contributed by atoms with Crippen molar-refractivity contribution in [3.63, 3.8) is 0 Å². The maximum Gasteiger partial charge on any atom is 0.270 e. The molecule has 0 radical (unpaired) electrons. The van der Waals surface area contributed by atoms with Crippen molar-refractivity contribution in [2.24, 2.45) is 16.6 Å². The van der Waals surface area contributed by atoms with E-state index in [-0.39, 0.29) is 40.6 Å². The molecule has 0 aliphatic heterocycles. The van der Waals surface area contributed by atoms with Gasteiger partial charge in [-0.3, -0.25) is 19.2 Å². The van der Waals surface area contributed by atoms with Gasteiger partial charge in [-0.05, 0) is 68.6 Å². The molecule has 11 heteroatoms. The minimum absolute atomic E-state index is 0.0133. The molecule has 198 valence electrons. The van der Waals surface area contributed by atoms with Crippen LogP contribution in [0.15, 0.2) is 42.6 Å². The third-order valence-electron chi connectivity index (χ3n) is 8.41. The van der Waals surface area contributed by atoms with Crippen molar-refractivity contribution in [2.75, 3.05) is 0 Å². The molecule has 6 rings (SSSR count). The number of fused-ring (bicyclic) bond motifs is 4. The van der Waals surface area contributed by atoms with Crippen LogP contribution in [-0.4, -0.2) is 44.1 Å². The number of rotatable bonds is 8. The van der Waals surface area contributed by atoms with Crippen LogP contribution in [0, 0.1) is 16.6 Å². The molecule has 1 atom stereocenters. The van der Waals surface area contributed by atoms with Crippen LogP contribution in [0.3, 0.4) is 0 Å². The smallest absolute Gasteiger partial charge is 0.270 e. The molecule has 3 aliphatic rings. The highest BCUT2D eigenvalue weighted by Crippen LogP contribution is 2.58. The predicted octanol–water partition coefficient (Wildman–Crippen LogP) is 2.31. The molecule has 38 heavy (non-hydrogen) atoms. The lowest BCUT2D eigenvalue weighted by Gasteiger charge is -2.54. The fraction of sp³-hybridized carbons (Fsp3) is 0.407. The Hall–Kier alpha value is -4.15. The Labute approximate surface area is 218 Å². The minimum atomic E-state index is -0.935. The van der Waals surface area contributed by atoms with Gasteiger partial charge in [-0.15, -0.1) is 0 Å². The van der Waals surface area contributed by atoms with Gasteiger partial charge in [0.15, 0.2) is 5.65 Å². The van der Waals surface area contributed by atoms with Crippen LogP contribution in [0.25, 0.3) is 5.65 Å². The van der Waals surface area contributed by atoms with Crippen LogP contribution in [-0.2, 0) is 16.1 Å². The van der Waals surface area contributed by atoms with Gasteiger partial charge in [0.05, 0.1) is 6.20 Å². The zero-order valence-electron chi connectivity index (χ0n) is 21.0. The summed E-state index contributed by atoms with van der Waals surface area (Å²) in [6.45, 7) is 1.76. The van der Waals surface area contributed by atoms with Gasteiger partial charge in [0, 0.05) is 24.1 Å². The monoisotopic (exact) mass is 520 g/mol. The maximum atomic E-state index is 13.5. The molecule has 3 saturated carbocycles. The number of amides is 3. The molecule has 0 spiro atoms. The Morgan fingerprint density at radius 2 is 1.68 bits per heavy atom. The van der Waals surface area contributed by atoms with E-state index in [9.17, 15) is 23.6 Å². The number of nitrogens with zero attached hydrogens (tertiary/aromatic N) is 3. The molecule has 1 aromatic carbocycles. The summed E-state index contributed by atoms with van der Waals surface area (Å²) in [4.78, 5) is 55.5. The molecule has 1 unspecified atom stereocenters. The summed E-state index contributed by atoms with van der Waals surface area (Å²) in [5.74, 6) is -1.98. The van der Waals surface area contributed by atoms with E-state index in [0.29, 0.717) is 44.1 Å². The van der Waals surface area contributed by atoms with E-state index in [1.54, 1.807) is 25.1 Å². The van der Waals surface area contributed by atoms with Crippen molar-refractivity contribution in [3.8, 4) is 0 Å². The van der Waals surface area contributed by atoms with E-state index in [1.807, 2.05) is 0 Å². The number of carbonyl (C=O) groups is 4. The van der Waals surface area contributed by atoms with E-state index >= 15 is 0 Å². The standard InChI is InChI=1S/C27H29FN6O4/c1-16(35)26-7-10-27(11-8-26,12-9-26)22(23(29)36)33-25(38)20-14-19(32-21-6-13-31-34(20)21)24(37)30-15-17-2-4-18(28)5-3-17/h2-6,13-14,22H,7-12,15H2,1H3,(H2,29,36)(H,30,37)(H,33,38). The first kappa shape index (κ1) is 25.5. The van der Waals surface area contributed by atoms with Gasteiger partial charge in [0.1, 0.15) is 29.0 Å². The first-order valence-electron chi connectivity index (χ1n) is 12.6. The third-order valence-corrected chi connectivity index (χ3v) is 8.41. The summed E-state index contributed by atoms with van der Waals surface area (Å²) in [5, 5.41) is 9.69. The van der Waals surface area contributed by atoms with Gasteiger partial charge in [-0.25, -0.2) is 13.9 Å². The van der Waals surface area contributed by atoms with E-state index in [0.717, 1.165) is 0 Å². The first-order chi connectivity index (χ1) is 18.1. The quantitative estimate of drug-likeness (QED) is 0.415. The highest BCUT2D eigenvalue weighted by atomic mass is 19.1. The largest absolute Gasteiger partial charge is 0.368 e. The molecule has 2 aromatic heterocycles. The maximum absolute atomic E-state index is 13.5. The average Bonchev–Trinajstić information content (AvgIpc) is 3.40. The fourth-order valence-electron chi connectivity index (χ4n) is 5.97. The molecule has 3 amide bonds. The normalized spacial score (nSPS) is 23.1. The van der Waals surface area contributed by atoms with E-state index in [4.69, 9.17) is 5.73 Å². The topological polar surface area (TPSA) is 149 Å². The second-order valence-corrected chi connectivity index (χ2v) is 10.4. The van der Waals surface area contributed by atoms with E-state index < -0.39 is 29.2 Å². The number of aromatic nitrogens is 3.